The molecule has 0 unspecified atom stereocenters. The third kappa shape index (κ3) is 4.95. The number of methoxy groups -OCH3 is 1. The molecule has 1 aliphatic carbocycles. The summed E-state index contributed by atoms with van der Waals surface area (Å²) in [5, 5.41) is 6.43. The number of esters is 2. The van der Waals surface area contributed by atoms with E-state index in [0.29, 0.717) is 28.4 Å². The van der Waals surface area contributed by atoms with Crippen molar-refractivity contribution < 1.29 is 23.9 Å². The zero-order valence-corrected chi connectivity index (χ0v) is 17.3. The molecule has 0 saturated carbocycles. The molecule has 1 aromatic heterocycles. The van der Waals surface area contributed by atoms with Crippen molar-refractivity contribution in [3.63, 3.8) is 0 Å². The second kappa shape index (κ2) is 9.56. The van der Waals surface area contributed by atoms with Gasteiger partial charge in [-0.1, -0.05) is 0 Å². The lowest BCUT2D eigenvalue weighted by molar-refractivity contribution is -0.114. The predicted octanol–water partition coefficient (Wildman–Crippen LogP) is 3.64. The smallest absolute Gasteiger partial charge is 0.341 e. The molecule has 1 heterocycles. The average Bonchev–Trinajstić information content (AvgIpc) is 3.10. The van der Waals surface area contributed by atoms with Gasteiger partial charge in [0.25, 0.3) is 0 Å². The van der Waals surface area contributed by atoms with E-state index in [2.05, 4.69) is 15.4 Å². The van der Waals surface area contributed by atoms with E-state index >= 15 is 0 Å². The van der Waals surface area contributed by atoms with Gasteiger partial charge in [-0.3, -0.25) is 4.79 Å². The normalized spacial score (nSPS) is 12.6. The summed E-state index contributed by atoms with van der Waals surface area (Å²) in [6.45, 7) is 2.09. The molecule has 1 aliphatic rings. The number of carbonyl (C=O) groups is 3. The van der Waals surface area contributed by atoms with Crippen LogP contribution in [0.15, 0.2) is 24.3 Å². The van der Waals surface area contributed by atoms with Crippen LogP contribution in [-0.2, 0) is 27.1 Å². The highest BCUT2D eigenvalue weighted by Crippen LogP contribution is 2.38. The molecule has 1 aromatic carbocycles. The number of amides is 1. The molecule has 2 N–H and O–H groups in total. The van der Waals surface area contributed by atoms with Crippen molar-refractivity contribution in [3.8, 4) is 0 Å². The molecule has 0 fully saturated rings. The predicted molar refractivity (Wildman–Crippen MR) is 112 cm³/mol. The second-order valence-electron chi connectivity index (χ2n) is 6.61. The van der Waals surface area contributed by atoms with E-state index in [-0.39, 0.29) is 18.4 Å². The Labute approximate surface area is 173 Å². The fraction of sp³-hybridized carbons (Fsp3) is 0.381. The standard InChI is InChI=1S/C21H24N2O5S/c1-3-28-21(26)18-15-6-4-5-7-16(15)29-19(18)23-17(24)12-22-14-10-8-13(9-11-14)20(25)27-2/h8-11,22H,3-7,12H2,1-2H3,(H,23,24). The van der Waals surface area contributed by atoms with Gasteiger partial charge in [-0.05, 0) is 62.4 Å². The van der Waals surface area contributed by atoms with Crippen molar-refractivity contribution in [1.29, 1.82) is 0 Å². The van der Waals surface area contributed by atoms with E-state index in [1.165, 1.54) is 18.4 Å². The number of benzene rings is 1. The molecular weight excluding hydrogens is 392 g/mol. The minimum Gasteiger partial charge on any atom is -0.465 e. The fourth-order valence-corrected chi connectivity index (χ4v) is 4.56. The number of aryl methyl sites for hydroxylation is 1. The van der Waals surface area contributed by atoms with Gasteiger partial charge in [0.2, 0.25) is 5.91 Å². The maximum atomic E-state index is 12.5. The van der Waals surface area contributed by atoms with E-state index in [4.69, 9.17) is 4.74 Å². The summed E-state index contributed by atoms with van der Waals surface area (Å²) in [7, 11) is 1.33. The lowest BCUT2D eigenvalue weighted by Gasteiger charge is -2.12. The number of rotatable bonds is 7. The van der Waals surface area contributed by atoms with E-state index in [1.54, 1.807) is 31.2 Å². The Hall–Kier alpha value is -2.87. The van der Waals surface area contributed by atoms with Crippen molar-refractivity contribution >= 4 is 39.9 Å². The maximum Gasteiger partial charge on any atom is 0.341 e. The summed E-state index contributed by atoms with van der Waals surface area (Å²) in [4.78, 5) is 37.5. The zero-order valence-electron chi connectivity index (χ0n) is 16.5. The van der Waals surface area contributed by atoms with Crippen LogP contribution in [0.3, 0.4) is 0 Å². The van der Waals surface area contributed by atoms with Gasteiger partial charge in [-0.25, -0.2) is 9.59 Å². The first-order valence-electron chi connectivity index (χ1n) is 9.57. The van der Waals surface area contributed by atoms with Crippen LogP contribution < -0.4 is 10.6 Å². The molecule has 29 heavy (non-hydrogen) atoms. The number of hydrogen-bond acceptors (Lipinski definition) is 7. The molecule has 2 aromatic rings. The van der Waals surface area contributed by atoms with Crippen molar-refractivity contribution in [2.24, 2.45) is 0 Å². The van der Waals surface area contributed by atoms with Gasteiger partial charge in [0.05, 0.1) is 31.4 Å². The first kappa shape index (κ1) is 20.9. The van der Waals surface area contributed by atoms with Crippen LogP contribution in [0.5, 0.6) is 0 Å². The Balaban J connectivity index is 1.66. The summed E-state index contributed by atoms with van der Waals surface area (Å²) >= 11 is 1.46. The topological polar surface area (TPSA) is 93.7 Å². The number of anilines is 2. The number of nitrogens with one attached hydrogen (secondary N) is 2. The molecule has 1 amide bonds. The van der Waals surface area contributed by atoms with Gasteiger partial charge < -0.3 is 20.1 Å². The molecule has 0 atom stereocenters. The molecular formula is C21H24N2O5S. The molecule has 8 heteroatoms. The fourth-order valence-electron chi connectivity index (χ4n) is 3.27. The van der Waals surface area contributed by atoms with Crippen LogP contribution in [0, 0.1) is 0 Å². The van der Waals surface area contributed by atoms with Crippen LogP contribution in [0.25, 0.3) is 0 Å². The minimum atomic E-state index is -0.414. The lowest BCUT2D eigenvalue weighted by atomic mass is 9.95. The Bertz CT molecular complexity index is 905. The van der Waals surface area contributed by atoms with Crippen molar-refractivity contribution in [1.82, 2.24) is 0 Å². The quantitative estimate of drug-likeness (QED) is 0.670. The van der Waals surface area contributed by atoms with E-state index in [9.17, 15) is 14.4 Å². The van der Waals surface area contributed by atoms with Crippen LogP contribution in [-0.4, -0.2) is 38.1 Å². The molecule has 0 spiro atoms. The molecule has 0 saturated heterocycles. The van der Waals surface area contributed by atoms with Gasteiger partial charge in [0.1, 0.15) is 5.00 Å². The highest BCUT2D eigenvalue weighted by Gasteiger charge is 2.27. The maximum absolute atomic E-state index is 12.5. The zero-order chi connectivity index (χ0) is 20.8. The van der Waals surface area contributed by atoms with Crippen molar-refractivity contribution in [2.75, 3.05) is 30.9 Å². The van der Waals surface area contributed by atoms with Gasteiger partial charge in [0, 0.05) is 10.6 Å². The van der Waals surface area contributed by atoms with Crippen LogP contribution in [0.4, 0.5) is 10.7 Å². The summed E-state index contributed by atoms with van der Waals surface area (Å²) in [5.41, 5.74) is 2.65. The Morgan fingerprint density at radius 3 is 2.48 bits per heavy atom. The number of ether oxygens (including phenoxy) is 2. The van der Waals surface area contributed by atoms with E-state index < -0.39 is 5.97 Å². The van der Waals surface area contributed by atoms with Gasteiger partial charge in [0.15, 0.2) is 0 Å². The largest absolute Gasteiger partial charge is 0.465 e. The minimum absolute atomic E-state index is 0.0302. The summed E-state index contributed by atoms with van der Waals surface area (Å²) in [5.74, 6) is -1.05. The number of fused-ring (bicyclic) bond motifs is 1. The van der Waals surface area contributed by atoms with E-state index in [0.717, 1.165) is 36.1 Å². The highest BCUT2D eigenvalue weighted by molar-refractivity contribution is 7.17. The lowest BCUT2D eigenvalue weighted by Crippen LogP contribution is -2.22. The Morgan fingerprint density at radius 1 is 1.07 bits per heavy atom. The third-order valence-electron chi connectivity index (χ3n) is 4.66. The van der Waals surface area contributed by atoms with E-state index in [1.807, 2.05) is 0 Å². The van der Waals surface area contributed by atoms with Crippen molar-refractivity contribution in [3.05, 3.63) is 45.8 Å². The van der Waals surface area contributed by atoms with Gasteiger partial charge >= 0.3 is 11.9 Å². The molecule has 154 valence electrons. The molecule has 3 rings (SSSR count). The van der Waals surface area contributed by atoms with Crippen LogP contribution in [0.2, 0.25) is 0 Å². The number of hydrogen-bond donors (Lipinski definition) is 2. The summed E-state index contributed by atoms with van der Waals surface area (Å²) in [6.07, 6.45) is 3.88. The third-order valence-corrected chi connectivity index (χ3v) is 5.87. The van der Waals surface area contributed by atoms with Gasteiger partial charge in [-0.2, -0.15) is 0 Å². The molecule has 0 bridgehead atoms. The first-order chi connectivity index (χ1) is 14.0. The van der Waals surface area contributed by atoms with Crippen LogP contribution >= 0.6 is 11.3 Å². The summed E-state index contributed by atoms with van der Waals surface area (Å²) in [6, 6.07) is 6.65. The number of carbonyl (C=O) groups excluding carboxylic acids is 3. The average molecular weight is 416 g/mol. The molecule has 0 aliphatic heterocycles. The second-order valence-corrected chi connectivity index (χ2v) is 7.71. The Morgan fingerprint density at radius 2 is 1.79 bits per heavy atom. The Kier molecular flexibility index (Phi) is 6.87. The monoisotopic (exact) mass is 416 g/mol. The number of thiophene rings is 1. The highest BCUT2D eigenvalue weighted by atomic mass is 32.1. The molecule has 0 radical (unpaired) electrons. The summed E-state index contributed by atoms with van der Waals surface area (Å²) < 4.78 is 9.87. The van der Waals surface area contributed by atoms with Crippen LogP contribution in [0.1, 0.15) is 50.9 Å². The molecule has 7 nitrogen and oxygen atoms in total. The van der Waals surface area contributed by atoms with Gasteiger partial charge in [-0.15, -0.1) is 11.3 Å². The SMILES string of the molecule is CCOC(=O)c1c(NC(=O)CNc2ccc(C(=O)OC)cc2)sc2c1CCCC2. The first-order valence-corrected chi connectivity index (χ1v) is 10.4. The van der Waals surface area contributed by atoms with Crippen molar-refractivity contribution in [2.45, 2.75) is 32.6 Å².